The van der Waals surface area contributed by atoms with Crippen molar-refractivity contribution in [2.45, 2.75) is 18.0 Å². The number of pyridine rings is 1. The monoisotopic (exact) mass is 456 g/mol. The third-order valence-corrected chi connectivity index (χ3v) is 6.82. The number of para-hydroxylation sites is 1. The van der Waals surface area contributed by atoms with E-state index in [-0.39, 0.29) is 5.75 Å². The van der Waals surface area contributed by atoms with Gasteiger partial charge in [0.1, 0.15) is 28.4 Å². The molecule has 158 valence electrons. The van der Waals surface area contributed by atoms with Crippen LogP contribution in [-0.4, -0.2) is 35.1 Å². The zero-order valence-electron chi connectivity index (χ0n) is 16.6. The Hall–Kier alpha value is -2.80. The summed E-state index contributed by atoms with van der Waals surface area (Å²) in [4.78, 5) is 20.2. The van der Waals surface area contributed by atoms with Gasteiger partial charge in [-0.15, -0.1) is 11.3 Å². The number of hydrogen-bond donors (Lipinski definition) is 1. The predicted molar refractivity (Wildman–Crippen MR) is 118 cm³/mol. The number of thiophene rings is 1. The average molecular weight is 457 g/mol. The summed E-state index contributed by atoms with van der Waals surface area (Å²) >= 11 is 2.64. The maximum atomic E-state index is 13.8. The molecule has 0 aliphatic carbocycles. The van der Waals surface area contributed by atoms with Crippen LogP contribution in [0.5, 0.6) is 0 Å². The fraction of sp³-hybridized carbons (Fsp3) is 0.227. The molecule has 5 nitrogen and oxygen atoms in total. The van der Waals surface area contributed by atoms with Crippen LogP contribution in [0.4, 0.5) is 14.5 Å². The molecule has 4 rings (SSSR count). The van der Waals surface area contributed by atoms with Gasteiger partial charge in [0, 0.05) is 35.6 Å². The molecule has 3 aromatic rings. The molecule has 0 saturated heterocycles. The second-order valence-electron chi connectivity index (χ2n) is 7.10. The largest absolute Gasteiger partial charge is 0.320 e. The van der Waals surface area contributed by atoms with Crippen LogP contribution in [0.3, 0.4) is 0 Å². The third kappa shape index (κ3) is 4.46. The van der Waals surface area contributed by atoms with Gasteiger partial charge in [-0.2, -0.15) is 5.26 Å². The Morgan fingerprint density at radius 1 is 1.32 bits per heavy atom. The van der Waals surface area contributed by atoms with Crippen LogP contribution in [-0.2, 0) is 17.8 Å². The van der Waals surface area contributed by atoms with Crippen molar-refractivity contribution in [2.24, 2.45) is 0 Å². The summed E-state index contributed by atoms with van der Waals surface area (Å²) in [5.41, 5.74) is 2.76. The standard InChI is InChI=1S/C22H18F2N4OS2/c1-28-8-7-17-14(11-28)20(18-6-3-9-30-18)13(10-25)22(26-17)31-12-19(29)27-21-15(23)4-2-5-16(21)24/h2-6,9H,7-8,11-12H2,1H3,(H,27,29). The third-order valence-electron chi connectivity index (χ3n) is 4.96. The average Bonchev–Trinajstić information content (AvgIpc) is 3.28. The molecular formula is C22H18F2N4OS2. The number of benzene rings is 1. The lowest BCUT2D eigenvalue weighted by molar-refractivity contribution is -0.113. The van der Waals surface area contributed by atoms with Crippen molar-refractivity contribution in [1.29, 1.82) is 5.26 Å². The molecule has 1 aliphatic rings. The molecule has 1 aliphatic heterocycles. The number of halogens is 2. The molecule has 0 atom stereocenters. The summed E-state index contributed by atoms with van der Waals surface area (Å²) in [6, 6.07) is 9.55. The topological polar surface area (TPSA) is 69.0 Å². The first-order valence-corrected chi connectivity index (χ1v) is 11.4. The lowest BCUT2D eigenvalue weighted by Gasteiger charge is -2.27. The van der Waals surface area contributed by atoms with Gasteiger partial charge in [0.25, 0.3) is 0 Å². The summed E-state index contributed by atoms with van der Waals surface area (Å²) in [5, 5.41) is 14.6. The number of amides is 1. The Morgan fingerprint density at radius 2 is 2.10 bits per heavy atom. The second kappa shape index (κ2) is 9.14. The van der Waals surface area contributed by atoms with E-state index >= 15 is 0 Å². The minimum absolute atomic E-state index is 0.127. The van der Waals surface area contributed by atoms with Crippen molar-refractivity contribution in [3.63, 3.8) is 0 Å². The fourth-order valence-electron chi connectivity index (χ4n) is 3.50. The van der Waals surface area contributed by atoms with E-state index < -0.39 is 23.2 Å². The molecule has 0 unspecified atom stereocenters. The van der Waals surface area contributed by atoms with Gasteiger partial charge in [0.2, 0.25) is 5.91 Å². The number of aromatic nitrogens is 1. The van der Waals surface area contributed by atoms with Crippen LogP contribution in [0.1, 0.15) is 16.8 Å². The maximum absolute atomic E-state index is 13.8. The SMILES string of the molecule is CN1CCc2nc(SCC(=O)Nc3c(F)cccc3F)c(C#N)c(-c3cccs3)c2C1. The van der Waals surface area contributed by atoms with Crippen molar-refractivity contribution in [1.82, 2.24) is 9.88 Å². The summed E-state index contributed by atoms with van der Waals surface area (Å²) in [6.07, 6.45) is 0.746. The summed E-state index contributed by atoms with van der Waals surface area (Å²) < 4.78 is 27.6. The van der Waals surface area contributed by atoms with Gasteiger partial charge in [-0.3, -0.25) is 4.79 Å². The Balaban J connectivity index is 1.64. The zero-order chi connectivity index (χ0) is 22.0. The minimum Gasteiger partial charge on any atom is -0.320 e. The van der Waals surface area contributed by atoms with E-state index in [0.717, 1.165) is 58.6 Å². The highest BCUT2D eigenvalue weighted by Gasteiger charge is 2.26. The smallest absolute Gasteiger partial charge is 0.234 e. The lowest BCUT2D eigenvalue weighted by atomic mass is 9.96. The molecule has 31 heavy (non-hydrogen) atoms. The van der Waals surface area contributed by atoms with E-state index in [0.29, 0.717) is 17.1 Å². The number of carbonyl (C=O) groups excluding carboxylic acids is 1. The fourth-order valence-corrected chi connectivity index (χ4v) is 5.11. The maximum Gasteiger partial charge on any atom is 0.234 e. The van der Waals surface area contributed by atoms with Crippen LogP contribution in [0.25, 0.3) is 10.4 Å². The summed E-state index contributed by atoms with van der Waals surface area (Å²) in [5.74, 6) is -2.38. The Kier molecular flexibility index (Phi) is 6.32. The van der Waals surface area contributed by atoms with Crippen molar-refractivity contribution >= 4 is 34.7 Å². The highest BCUT2D eigenvalue weighted by molar-refractivity contribution is 8.00. The molecule has 2 aromatic heterocycles. The van der Waals surface area contributed by atoms with E-state index in [1.807, 2.05) is 24.6 Å². The van der Waals surface area contributed by atoms with E-state index in [1.54, 1.807) is 11.3 Å². The summed E-state index contributed by atoms with van der Waals surface area (Å²) in [7, 11) is 2.03. The van der Waals surface area contributed by atoms with E-state index in [4.69, 9.17) is 4.98 Å². The van der Waals surface area contributed by atoms with Gasteiger partial charge in [-0.05, 0) is 36.2 Å². The van der Waals surface area contributed by atoms with E-state index in [1.165, 1.54) is 6.07 Å². The molecule has 0 radical (unpaired) electrons. The van der Waals surface area contributed by atoms with Crippen LogP contribution in [0.15, 0.2) is 40.7 Å². The number of nitrogens with one attached hydrogen (secondary N) is 1. The van der Waals surface area contributed by atoms with Crippen LogP contribution in [0.2, 0.25) is 0 Å². The first-order chi connectivity index (χ1) is 15.0. The molecule has 0 fully saturated rings. The van der Waals surface area contributed by atoms with Crippen molar-refractivity contribution < 1.29 is 13.6 Å². The van der Waals surface area contributed by atoms with Gasteiger partial charge in [-0.25, -0.2) is 13.8 Å². The molecule has 1 amide bonds. The number of carbonyl (C=O) groups is 1. The first-order valence-electron chi connectivity index (χ1n) is 9.53. The second-order valence-corrected chi connectivity index (χ2v) is 9.01. The van der Waals surface area contributed by atoms with Crippen molar-refractivity contribution in [2.75, 3.05) is 24.7 Å². The van der Waals surface area contributed by atoms with Gasteiger partial charge >= 0.3 is 0 Å². The quantitative estimate of drug-likeness (QED) is 0.565. The molecular weight excluding hydrogens is 438 g/mol. The number of likely N-dealkylation sites (N-methyl/N-ethyl adjacent to an activating group) is 1. The lowest BCUT2D eigenvalue weighted by Crippen LogP contribution is -2.28. The van der Waals surface area contributed by atoms with Crippen LogP contribution < -0.4 is 5.32 Å². The zero-order valence-corrected chi connectivity index (χ0v) is 18.2. The first kappa shape index (κ1) is 21.4. The highest BCUT2D eigenvalue weighted by Crippen LogP contribution is 2.39. The Labute approximate surface area is 186 Å². The highest BCUT2D eigenvalue weighted by atomic mass is 32.2. The molecule has 0 saturated carbocycles. The number of nitrogens with zero attached hydrogens (tertiary/aromatic N) is 3. The normalized spacial score (nSPS) is 13.5. The molecule has 9 heteroatoms. The van der Waals surface area contributed by atoms with E-state index in [9.17, 15) is 18.8 Å². The number of thioether (sulfide) groups is 1. The number of rotatable bonds is 5. The molecule has 1 N–H and O–H groups in total. The van der Waals surface area contributed by atoms with Crippen LogP contribution in [0, 0.1) is 23.0 Å². The number of fused-ring (bicyclic) bond motifs is 1. The minimum atomic E-state index is -0.841. The molecule has 1 aromatic carbocycles. The summed E-state index contributed by atoms with van der Waals surface area (Å²) in [6.45, 7) is 1.55. The van der Waals surface area contributed by atoms with Crippen LogP contribution >= 0.6 is 23.1 Å². The number of hydrogen-bond acceptors (Lipinski definition) is 6. The molecule has 3 heterocycles. The predicted octanol–water partition coefficient (Wildman–Crippen LogP) is 4.68. The van der Waals surface area contributed by atoms with Gasteiger partial charge in [0.15, 0.2) is 0 Å². The van der Waals surface area contributed by atoms with E-state index in [2.05, 4.69) is 16.3 Å². The molecule has 0 spiro atoms. The van der Waals surface area contributed by atoms with Gasteiger partial charge in [0.05, 0.1) is 11.3 Å². The number of anilines is 1. The Bertz CT molecular complexity index is 1150. The molecule has 0 bridgehead atoms. The number of nitriles is 1. The Morgan fingerprint density at radius 3 is 2.77 bits per heavy atom. The van der Waals surface area contributed by atoms with Gasteiger partial charge < -0.3 is 10.2 Å². The van der Waals surface area contributed by atoms with Crippen molar-refractivity contribution in [3.05, 3.63) is 64.2 Å². The van der Waals surface area contributed by atoms with Gasteiger partial charge in [-0.1, -0.05) is 23.9 Å². The van der Waals surface area contributed by atoms with Crippen molar-refractivity contribution in [3.8, 4) is 16.5 Å².